The Balaban J connectivity index is 1.62. The van der Waals surface area contributed by atoms with Crippen LogP contribution in [0.25, 0.3) is 0 Å². The van der Waals surface area contributed by atoms with Gasteiger partial charge >= 0.3 is 0 Å². The Morgan fingerprint density at radius 3 is 2.62 bits per heavy atom. The smallest absolute Gasteiger partial charge is 0.227 e. The van der Waals surface area contributed by atoms with Crippen molar-refractivity contribution in [1.29, 1.82) is 0 Å². The van der Waals surface area contributed by atoms with Gasteiger partial charge in [0, 0.05) is 43.3 Å². The van der Waals surface area contributed by atoms with Crippen molar-refractivity contribution in [3.8, 4) is 11.5 Å². The minimum Gasteiger partial charge on any atom is -0.497 e. The van der Waals surface area contributed by atoms with E-state index in [4.69, 9.17) is 9.47 Å². The molecule has 1 aromatic heterocycles. The highest BCUT2D eigenvalue weighted by atomic mass is 32.1. The van der Waals surface area contributed by atoms with E-state index in [1.54, 1.807) is 25.6 Å². The van der Waals surface area contributed by atoms with Crippen LogP contribution in [0, 0.1) is 0 Å². The first-order valence-electron chi connectivity index (χ1n) is 7.84. The van der Waals surface area contributed by atoms with Gasteiger partial charge in [-0.05, 0) is 18.2 Å². The van der Waals surface area contributed by atoms with E-state index in [0.29, 0.717) is 25.3 Å². The molecule has 1 amide bonds. The quantitative estimate of drug-likeness (QED) is 0.829. The van der Waals surface area contributed by atoms with Gasteiger partial charge in [-0.15, -0.1) is 11.3 Å². The predicted molar refractivity (Wildman–Crippen MR) is 94.2 cm³/mol. The van der Waals surface area contributed by atoms with E-state index in [0.717, 1.165) is 29.5 Å². The number of carbonyl (C=O) groups is 1. The molecule has 0 radical (unpaired) electrons. The van der Waals surface area contributed by atoms with E-state index >= 15 is 0 Å². The van der Waals surface area contributed by atoms with E-state index < -0.39 is 0 Å². The molecule has 2 aromatic rings. The number of aromatic nitrogens is 1. The van der Waals surface area contributed by atoms with Crippen molar-refractivity contribution < 1.29 is 14.3 Å². The van der Waals surface area contributed by atoms with Crippen LogP contribution in [0.1, 0.15) is 5.56 Å². The molecule has 1 aliphatic heterocycles. The first-order valence-corrected chi connectivity index (χ1v) is 8.72. The maximum Gasteiger partial charge on any atom is 0.227 e. The molecule has 6 nitrogen and oxygen atoms in total. The molecule has 3 rings (SSSR count). The van der Waals surface area contributed by atoms with E-state index in [1.807, 2.05) is 34.7 Å². The number of rotatable bonds is 5. The molecule has 1 aliphatic rings. The van der Waals surface area contributed by atoms with E-state index in [2.05, 4.69) is 9.88 Å². The summed E-state index contributed by atoms with van der Waals surface area (Å²) in [4.78, 5) is 21.1. The maximum absolute atomic E-state index is 12.6. The molecule has 24 heavy (non-hydrogen) atoms. The van der Waals surface area contributed by atoms with Crippen LogP contribution in [0.2, 0.25) is 0 Å². The third-order valence-corrected chi connectivity index (χ3v) is 4.98. The van der Waals surface area contributed by atoms with Gasteiger partial charge in [0.25, 0.3) is 0 Å². The third-order valence-electron chi connectivity index (χ3n) is 4.15. The Hall–Kier alpha value is -2.28. The number of hydrogen-bond donors (Lipinski definition) is 0. The molecule has 0 saturated carbocycles. The van der Waals surface area contributed by atoms with Gasteiger partial charge in [-0.25, -0.2) is 4.98 Å². The average molecular weight is 347 g/mol. The predicted octanol–water partition coefficient (Wildman–Crippen LogP) is 2.05. The van der Waals surface area contributed by atoms with Gasteiger partial charge in [-0.2, -0.15) is 0 Å². The summed E-state index contributed by atoms with van der Waals surface area (Å²) in [6, 6.07) is 5.53. The van der Waals surface area contributed by atoms with Crippen molar-refractivity contribution in [2.45, 2.75) is 6.42 Å². The van der Waals surface area contributed by atoms with E-state index in [-0.39, 0.29) is 5.91 Å². The molecule has 128 valence electrons. The molecule has 0 aliphatic carbocycles. The lowest BCUT2D eigenvalue weighted by atomic mass is 10.1. The molecule has 0 N–H and O–H groups in total. The van der Waals surface area contributed by atoms with Crippen LogP contribution in [0.5, 0.6) is 11.5 Å². The van der Waals surface area contributed by atoms with E-state index in [9.17, 15) is 4.79 Å². The standard InChI is InChI=1S/C17H21N3O3S/c1-22-14-3-4-15(23-2)13(11-14)12-16(21)19-6-8-20(9-7-19)17-18-5-10-24-17/h3-5,10-11H,6-9,12H2,1-2H3. The maximum atomic E-state index is 12.6. The van der Waals surface area contributed by atoms with E-state index in [1.165, 1.54) is 0 Å². The van der Waals surface area contributed by atoms with Crippen LogP contribution in [-0.2, 0) is 11.2 Å². The number of methoxy groups -OCH3 is 2. The summed E-state index contributed by atoms with van der Waals surface area (Å²) in [5, 5.41) is 3.00. The number of thiazole rings is 1. The van der Waals surface area contributed by atoms with Crippen molar-refractivity contribution in [2.24, 2.45) is 0 Å². The monoisotopic (exact) mass is 347 g/mol. The van der Waals surface area contributed by atoms with Crippen molar-refractivity contribution >= 4 is 22.4 Å². The van der Waals surface area contributed by atoms with Crippen molar-refractivity contribution in [1.82, 2.24) is 9.88 Å². The second-order valence-corrected chi connectivity index (χ2v) is 6.41. The summed E-state index contributed by atoms with van der Waals surface area (Å²) in [7, 11) is 3.23. The van der Waals surface area contributed by atoms with Crippen LogP contribution in [0.3, 0.4) is 0 Å². The molecule has 1 saturated heterocycles. The number of benzene rings is 1. The van der Waals surface area contributed by atoms with Gasteiger partial charge in [-0.1, -0.05) is 0 Å². The number of nitrogens with zero attached hydrogens (tertiary/aromatic N) is 3. The highest BCUT2D eigenvalue weighted by Crippen LogP contribution is 2.25. The summed E-state index contributed by atoms with van der Waals surface area (Å²) < 4.78 is 10.6. The van der Waals surface area contributed by atoms with Gasteiger partial charge in [0.2, 0.25) is 5.91 Å². The molecule has 1 aromatic carbocycles. The van der Waals surface area contributed by atoms with Crippen LogP contribution < -0.4 is 14.4 Å². The number of anilines is 1. The number of ether oxygens (including phenoxy) is 2. The Bertz CT molecular complexity index is 682. The number of carbonyl (C=O) groups excluding carboxylic acids is 1. The first-order chi connectivity index (χ1) is 11.7. The molecule has 0 bridgehead atoms. The van der Waals surface area contributed by atoms with Crippen molar-refractivity contribution in [3.05, 3.63) is 35.3 Å². The zero-order valence-electron chi connectivity index (χ0n) is 13.9. The minimum atomic E-state index is 0.111. The average Bonchev–Trinajstić information content (AvgIpc) is 3.16. The Morgan fingerprint density at radius 1 is 1.21 bits per heavy atom. The molecule has 2 heterocycles. The van der Waals surface area contributed by atoms with Crippen LogP contribution >= 0.6 is 11.3 Å². The highest BCUT2D eigenvalue weighted by Gasteiger charge is 2.23. The second-order valence-electron chi connectivity index (χ2n) is 5.54. The molecular weight excluding hydrogens is 326 g/mol. The fraction of sp³-hybridized carbons (Fsp3) is 0.412. The summed E-state index contributed by atoms with van der Waals surface area (Å²) in [6.45, 7) is 3.05. The zero-order chi connectivity index (χ0) is 16.9. The molecule has 0 spiro atoms. The lowest BCUT2D eigenvalue weighted by Crippen LogP contribution is -2.49. The third kappa shape index (κ3) is 3.62. The molecule has 7 heteroatoms. The van der Waals surface area contributed by atoms with Crippen LogP contribution in [0.15, 0.2) is 29.8 Å². The van der Waals surface area contributed by atoms with Crippen molar-refractivity contribution in [3.63, 3.8) is 0 Å². The number of hydrogen-bond acceptors (Lipinski definition) is 6. The van der Waals surface area contributed by atoms with Crippen molar-refractivity contribution in [2.75, 3.05) is 45.3 Å². The van der Waals surface area contributed by atoms with Gasteiger partial charge in [0.15, 0.2) is 5.13 Å². The Labute approximate surface area is 145 Å². The number of amides is 1. The molecule has 0 atom stereocenters. The number of piperazine rings is 1. The Morgan fingerprint density at radius 2 is 2.00 bits per heavy atom. The van der Waals surface area contributed by atoms with Gasteiger partial charge in [-0.3, -0.25) is 4.79 Å². The summed E-state index contributed by atoms with van der Waals surface area (Å²) in [6.07, 6.45) is 2.13. The fourth-order valence-electron chi connectivity index (χ4n) is 2.81. The summed E-state index contributed by atoms with van der Waals surface area (Å²) >= 11 is 1.63. The SMILES string of the molecule is COc1ccc(OC)c(CC(=O)N2CCN(c3nccs3)CC2)c1. The minimum absolute atomic E-state index is 0.111. The summed E-state index contributed by atoms with van der Waals surface area (Å²) in [5.41, 5.74) is 0.851. The largest absolute Gasteiger partial charge is 0.497 e. The molecule has 0 unspecified atom stereocenters. The first kappa shape index (κ1) is 16.6. The van der Waals surface area contributed by atoms with Crippen LogP contribution in [-0.4, -0.2) is 56.2 Å². The fourth-order valence-corrected chi connectivity index (χ4v) is 3.51. The van der Waals surface area contributed by atoms with Gasteiger partial charge < -0.3 is 19.3 Å². The highest BCUT2D eigenvalue weighted by molar-refractivity contribution is 7.13. The molecule has 1 fully saturated rings. The Kier molecular flexibility index (Phi) is 5.20. The summed E-state index contributed by atoms with van der Waals surface area (Å²) in [5.74, 6) is 1.55. The van der Waals surface area contributed by atoms with Gasteiger partial charge in [0.1, 0.15) is 11.5 Å². The lowest BCUT2D eigenvalue weighted by Gasteiger charge is -2.34. The second kappa shape index (κ2) is 7.53. The zero-order valence-corrected chi connectivity index (χ0v) is 14.7. The normalized spacial score (nSPS) is 14.6. The topological polar surface area (TPSA) is 54.9 Å². The lowest BCUT2D eigenvalue weighted by molar-refractivity contribution is -0.130. The van der Waals surface area contributed by atoms with Gasteiger partial charge in [0.05, 0.1) is 20.6 Å². The van der Waals surface area contributed by atoms with Crippen LogP contribution in [0.4, 0.5) is 5.13 Å². The molecular formula is C17H21N3O3S.